The number of fused-ring (bicyclic) bond motifs is 1. The van der Waals surface area contributed by atoms with Crippen LogP contribution in [0.15, 0.2) is 84.6 Å². The number of nitrogens with zero attached hydrogens (tertiary/aromatic N) is 2. The minimum Gasteiger partial charge on any atom is -0.590 e. The van der Waals surface area contributed by atoms with Crippen LogP contribution in [0.5, 0.6) is 0 Å². The van der Waals surface area contributed by atoms with E-state index in [-0.39, 0.29) is 10.8 Å². The van der Waals surface area contributed by atoms with Gasteiger partial charge in [0, 0.05) is 5.41 Å². The van der Waals surface area contributed by atoms with Crippen LogP contribution < -0.4 is 2.87 Å². The fourth-order valence-electron chi connectivity index (χ4n) is 6.06. The molecule has 1 atom stereocenters. The molecule has 0 saturated heterocycles. The van der Waals surface area contributed by atoms with E-state index >= 15 is 0 Å². The van der Waals surface area contributed by atoms with Crippen molar-refractivity contribution >= 4 is 77.3 Å². The van der Waals surface area contributed by atoms with E-state index in [9.17, 15) is 0 Å². The van der Waals surface area contributed by atoms with E-state index in [4.69, 9.17) is 0 Å². The molecule has 2 nitrogen and oxygen atoms in total. The van der Waals surface area contributed by atoms with Gasteiger partial charge in [-0.05, 0) is 93.2 Å². The molecule has 36 heavy (non-hydrogen) atoms. The number of anilines is 1. The van der Waals surface area contributed by atoms with Crippen LogP contribution in [0.4, 0.5) is 5.69 Å². The standard InChI is InChI=1S/C30H28N2.4Al/c1-29(2)19-30(3,24-11-4-20(5-12-24)21-6-13-25(31)14-7-21)27-17-10-23(18-28(27)29)22-8-15-26(32)16-9-22;;;;/h4-8,10-15,17-18H,9,16,19H2,1-3H3;;;;. The molecule has 0 fully saturated rings. The van der Waals surface area contributed by atoms with Gasteiger partial charge in [-0.25, -0.2) is 0 Å². The van der Waals surface area contributed by atoms with Crippen LogP contribution in [0.2, 0.25) is 0 Å². The first-order chi connectivity index (χ1) is 17.1. The Morgan fingerprint density at radius 1 is 0.639 bits per heavy atom. The second-order valence-corrected chi connectivity index (χ2v) is 14.4. The minimum absolute atomic E-state index is 0.00646. The fourth-order valence-corrected chi connectivity index (χ4v) is 6.83. The molecule has 3 aromatic rings. The topological polar surface area (TPSA) is 6.48 Å². The molecule has 0 N–H and O–H groups in total. The Bertz CT molecular complexity index is 1340. The zero-order valence-electron chi connectivity index (χ0n) is 21.3. The fraction of sp³-hybridized carbons (Fsp3) is 0.267. The number of hydrogen-bond donors (Lipinski definition) is 0. The van der Waals surface area contributed by atoms with Crippen LogP contribution in [0.3, 0.4) is 0 Å². The SMILES string of the molecule is CC1(C)CC(C)(c2ccc(-c3ccc([N]([Al])[Al])cc3)cc2)c2ccc(C3=CC=C([N]([Al])[Al])CC3)cc21. The molecule has 0 heterocycles. The van der Waals surface area contributed by atoms with Crippen LogP contribution in [0.1, 0.15) is 62.3 Å². The van der Waals surface area contributed by atoms with Gasteiger partial charge >= 0.3 is 0 Å². The zero-order chi connectivity index (χ0) is 25.7. The molecule has 0 amide bonds. The molecular weight excluding hydrogens is 496 g/mol. The van der Waals surface area contributed by atoms with Gasteiger partial charge in [0.25, 0.3) is 66.0 Å². The van der Waals surface area contributed by atoms with Crippen molar-refractivity contribution in [3.8, 4) is 11.1 Å². The third kappa shape index (κ3) is 4.98. The van der Waals surface area contributed by atoms with Crippen molar-refractivity contribution in [2.75, 3.05) is 2.87 Å². The van der Waals surface area contributed by atoms with Crippen molar-refractivity contribution in [3.63, 3.8) is 0 Å². The highest BCUT2D eigenvalue weighted by Gasteiger charge is 2.45. The molecule has 3 aromatic carbocycles. The molecule has 0 bridgehead atoms. The van der Waals surface area contributed by atoms with E-state index in [2.05, 4.69) is 169 Å². The van der Waals surface area contributed by atoms with Crippen LogP contribution in [-0.4, -0.2) is 68.9 Å². The summed E-state index contributed by atoms with van der Waals surface area (Å²) in [6.07, 6.45) is 7.80. The van der Waals surface area contributed by atoms with E-state index in [1.165, 1.54) is 44.7 Å². The molecule has 1 unspecified atom stereocenters. The predicted molar refractivity (Wildman–Crippen MR) is 155 cm³/mol. The Morgan fingerprint density at radius 3 is 1.81 bits per heavy atom. The Kier molecular flexibility index (Phi) is 7.51. The molecule has 170 valence electrons. The number of benzene rings is 3. The Hall–Kier alpha value is -1.13. The van der Waals surface area contributed by atoms with E-state index < -0.39 is 0 Å². The maximum Gasteiger partial charge on any atom is 0.277 e. The molecule has 2 aliphatic carbocycles. The summed E-state index contributed by atoms with van der Waals surface area (Å²) in [5, 5.41) is 0. The Balaban J connectivity index is 1.46. The van der Waals surface area contributed by atoms with E-state index in [0.717, 1.165) is 24.9 Å². The van der Waals surface area contributed by atoms with Crippen molar-refractivity contribution < 1.29 is 0 Å². The van der Waals surface area contributed by atoms with Crippen molar-refractivity contribution in [2.24, 2.45) is 0 Å². The first-order valence-corrected chi connectivity index (χ1v) is 14.5. The lowest BCUT2D eigenvalue weighted by atomic mass is 9.75. The summed E-state index contributed by atoms with van der Waals surface area (Å²) in [4.78, 5) is 0. The first-order valence-electron chi connectivity index (χ1n) is 12.4. The van der Waals surface area contributed by atoms with Gasteiger partial charge in [-0.3, -0.25) is 0 Å². The monoisotopic (exact) mass is 524 g/mol. The second kappa shape index (κ2) is 10.2. The van der Waals surface area contributed by atoms with E-state index in [1.54, 1.807) is 0 Å². The summed E-state index contributed by atoms with van der Waals surface area (Å²) >= 11 is 10.8. The predicted octanol–water partition coefficient (Wildman–Crippen LogP) is 5.84. The third-order valence-electron chi connectivity index (χ3n) is 7.99. The van der Waals surface area contributed by atoms with Gasteiger partial charge in [0.2, 0.25) is 0 Å². The zero-order valence-corrected chi connectivity index (χ0v) is 25.9. The quantitative estimate of drug-likeness (QED) is 0.387. The van der Waals surface area contributed by atoms with Crippen LogP contribution >= 0.6 is 0 Å². The van der Waals surface area contributed by atoms with Crippen molar-refractivity contribution in [2.45, 2.75) is 50.9 Å². The van der Waals surface area contributed by atoms with Crippen molar-refractivity contribution in [3.05, 3.63) is 107 Å². The summed E-state index contributed by atoms with van der Waals surface area (Å²) in [7, 11) is 0. The molecule has 8 radical (unpaired) electrons. The number of hydrogen-bond acceptors (Lipinski definition) is 2. The normalized spacial score (nSPS) is 20.3. The molecule has 0 spiro atoms. The molecule has 0 aliphatic heterocycles. The van der Waals surface area contributed by atoms with Gasteiger partial charge in [-0.1, -0.05) is 81.4 Å². The van der Waals surface area contributed by atoms with Gasteiger partial charge in [0.05, 0.1) is 0 Å². The minimum atomic E-state index is 0.00646. The maximum absolute atomic E-state index is 2.73. The molecule has 5 rings (SSSR count). The lowest BCUT2D eigenvalue weighted by molar-refractivity contribution is 0.425. The molecule has 0 saturated carbocycles. The van der Waals surface area contributed by atoms with Crippen LogP contribution in [-0.2, 0) is 10.8 Å². The number of allylic oxidation sites excluding steroid dienone is 4. The molecular formula is C30H28Al4N2. The molecule has 2 aliphatic rings. The van der Waals surface area contributed by atoms with E-state index in [0.29, 0.717) is 0 Å². The van der Waals surface area contributed by atoms with Gasteiger partial charge in [-0.15, -0.1) is 0 Å². The smallest absolute Gasteiger partial charge is 0.277 e. The van der Waals surface area contributed by atoms with Gasteiger partial charge in [0.15, 0.2) is 0 Å². The maximum atomic E-state index is 2.73. The Morgan fingerprint density at radius 2 is 1.25 bits per heavy atom. The second-order valence-electron chi connectivity index (χ2n) is 10.9. The highest BCUT2D eigenvalue weighted by Crippen LogP contribution is 2.53. The third-order valence-corrected chi connectivity index (χ3v) is 9.25. The average Bonchev–Trinajstić information content (AvgIpc) is 3.09. The number of rotatable bonds is 5. The average molecular weight is 524 g/mol. The van der Waals surface area contributed by atoms with Crippen molar-refractivity contribution in [1.82, 2.24) is 2.87 Å². The largest absolute Gasteiger partial charge is 0.590 e. The van der Waals surface area contributed by atoms with Crippen LogP contribution in [0.25, 0.3) is 16.7 Å². The van der Waals surface area contributed by atoms with Gasteiger partial charge in [0.1, 0.15) is 0 Å². The summed E-state index contributed by atoms with van der Waals surface area (Å²) < 4.78 is 4.03. The summed E-state index contributed by atoms with van der Waals surface area (Å²) in [5.74, 6) is 0. The highest BCUT2D eigenvalue weighted by atomic mass is 27.1. The summed E-state index contributed by atoms with van der Waals surface area (Å²) in [6.45, 7) is 7.25. The van der Waals surface area contributed by atoms with Gasteiger partial charge in [-0.2, -0.15) is 0 Å². The van der Waals surface area contributed by atoms with Gasteiger partial charge < -0.3 is 5.73 Å². The lowest BCUT2D eigenvalue weighted by Crippen LogP contribution is -2.23. The Labute approximate surface area is 250 Å². The lowest BCUT2D eigenvalue weighted by Gasteiger charge is -2.28. The molecule has 6 heteroatoms. The first kappa shape index (κ1) is 26.5. The van der Waals surface area contributed by atoms with E-state index in [1.807, 2.05) is 2.87 Å². The highest BCUT2D eigenvalue weighted by molar-refractivity contribution is 6.41. The summed E-state index contributed by atoms with van der Waals surface area (Å²) in [6, 6.07) is 25.2. The van der Waals surface area contributed by atoms with Crippen LogP contribution in [0, 0.1) is 0 Å². The van der Waals surface area contributed by atoms with Crippen molar-refractivity contribution in [1.29, 1.82) is 0 Å². The summed E-state index contributed by atoms with van der Waals surface area (Å²) in [5.41, 5.74) is 12.3. The molecule has 0 aromatic heterocycles.